The molecule has 0 unspecified atom stereocenters. The van der Waals surface area contributed by atoms with Gasteiger partial charge in [-0.15, -0.1) is 0 Å². The second kappa shape index (κ2) is 12.3. The van der Waals surface area contributed by atoms with Crippen LogP contribution in [-0.4, -0.2) is 52.0 Å². The van der Waals surface area contributed by atoms with Gasteiger partial charge in [-0.25, -0.2) is 0 Å². The monoisotopic (exact) mass is 478 g/mol. The second-order valence-corrected chi connectivity index (χ2v) is 8.26. The van der Waals surface area contributed by atoms with E-state index >= 15 is 0 Å². The number of nitrogens with one attached hydrogen (secondary N) is 1. The molecule has 7 heteroatoms. The summed E-state index contributed by atoms with van der Waals surface area (Å²) in [5, 5.41) is 5.22. The first kappa shape index (κ1) is 24.7. The summed E-state index contributed by atoms with van der Waals surface area (Å²) in [5.74, 6) is 2.11. The van der Waals surface area contributed by atoms with Crippen molar-refractivity contribution in [1.29, 1.82) is 0 Å². The summed E-state index contributed by atoms with van der Waals surface area (Å²) < 4.78 is 23.3. The summed E-state index contributed by atoms with van der Waals surface area (Å²) in [5.41, 5.74) is 1.58. The zero-order valence-corrected chi connectivity index (χ0v) is 20.5. The van der Waals surface area contributed by atoms with E-state index in [1.54, 1.807) is 0 Å². The molecule has 1 N–H and O–H groups in total. The van der Waals surface area contributed by atoms with Crippen LogP contribution in [0.15, 0.2) is 54.6 Å². The van der Waals surface area contributed by atoms with Crippen molar-refractivity contribution in [3.05, 3.63) is 54.6 Å². The van der Waals surface area contributed by atoms with Gasteiger partial charge in [0, 0.05) is 37.0 Å². The number of morpholine rings is 1. The molecule has 7 nitrogen and oxygen atoms in total. The molecular formula is C28H34N2O5. The molecule has 4 rings (SSSR count). The minimum Gasteiger partial charge on any atom is -0.493 e. The number of carbonyl (C=O) groups excluding carboxylic acids is 1. The van der Waals surface area contributed by atoms with Gasteiger partial charge in [0.25, 0.3) is 0 Å². The minimum atomic E-state index is -0.0888. The van der Waals surface area contributed by atoms with Crippen LogP contribution < -0.4 is 24.4 Å². The molecule has 0 saturated carbocycles. The third-order valence-corrected chi connectivity index (χ3v) is 5.84. The first-order chi connectivity index (χ1) is 17.2. The largest absolute Gasteiger partial charge is 0.493 e. The molecule has 0 bridgehead atoms. The molecule has 3 aromatic carbocycles. The normalized spacial score (nSPS) is 13.5. The van der Waals surface area contributed by atoms with Gasteiger partial charge >= 0.3 is 0 Å². The molecule has 0 aliphatic carbocycles. The van der Waals surface area contributed by atoms with Crippen LogP contribution in [0.2, 0.25) is 0 Å². The zero-order valence-electron chi connectivity index (χ0n) is 20.5. The van der Waals surface area contributed by atoms with Crippen LogP contribution in [0.4, 0.5) is 11.4 Å². The fraction of sp³-hybridized carbons (Fsp3) is 0.393. The highest BCUT2D eigenvalue weighted by atomic mass is 16.5. The first-order valence-electron chi connectivity index (χ1n) is 12.4. The lowest BCUT2D eigenvalue weighted by Crippen LogP contribution is -2.36. The molecule has 3 aromatic rings. The Balaban J connectivity index is 1.39. The van der Waals surface area contributed by atoms with Crippen molar-refractivity contribution in [2.45, 2.75) is 26.7 Å². The second-order valence-electron chi connectivity index (χ2n) is 8.26. The topological polar surface area (TPSA) is 69.3 Å². The summed E-state index contributed by atoms with van der Waals surface area (Å²) in [6.07, 6.45) is 0.939. The molecule has 35 heavy (non-hydrogen) atoms. The van der Waals surface area contributed by atoms with Crippen molar-refractivity contribution in [1.82, 2.24) is 0 Å². The Hall–Kier alpha value is -3.45. The van der Waals surface area contributed by atoms with Gasteiger partial charge in [0.05, 0.1) is 44.4 Å². The van der Waals surface area contributed by atoms with Crippen molar-refractivity contribution >= 4 is 28.1 Å². The number of carbonyl (C=O) groups is 1. The van der Waals surface area contributed by atoms with Crippen LogP contribution in [-0.2, 0) is 9.53 Å². The Bertz CT molecular complexity index is 1120. The number of nitrogens with zero attached hydrogens (tertiary/aromatic N) is 1. The van der Waals surface area contributed by atoms with Crippen molar-refractivity contribution in [3.8, 4) is 17.2 Å². The Labute approximate surface area is 206 Å². The van der Waals surface area contributed by atoms with Crippen LogP contribution in [0.25, 0.3) is 10.8 Å². The highest BCUT2D eigenvalue weighted by Crippen LogP contribution is 2.39. The maximum absolute atomic E-state index is 12.8. The summed E-state index contributed by atoms with van der Waals surface area (Å²) in [4.78, 5) is 15.0. The van der Waals surface area contributed by atoms with Crippen LogP contribution in [0, 0.1) is 0 Å². The molecule has 1 aliphatic rings. The van der Waals surface area contributed by atoms with Crippen LogP contribution in [0.5, 0.6) is 17.2 Å². The van der Waals surface area contributed by atoms with Gasteiger partial charge in [0.2, 0.25) is 5.91 Å². The van der Waals surface area contributed by atoms with E-state index in [-0.39, 0.29) is 5.91 Å². The van der Waals surface area contributed by atoms with Crippen LogP contribution >= 0.6 is 0 Å². The number of ether oxygens (including phenoxy) is 4. The number of benzene rings is 3. The number of hydrogen-bond acceptors (Lipinski definition) is 6. The van der Waals surface area contributed by atoms with Gasteiger partial charge in [-0.2, -0.15) is 0 Å². The standard InChI is InChI=1S/C28H34N2O5/c1-3-33-26-20-24(30-14-17-32-18-15-30)27(34-4-2)19-23(26)29-28(31)13-8-16-35-25-12-7-10-21-9-5-6-11-22(21)25/h5-7,9-12,19-20H,3-4,8,13-18H2,1-2H3,(H,29,31). The maximum atomic E-state index is 12.8. The lowest BCUT2D eigenvalue weighted by molar-refractivity contribution is -0.116. The number of rotatable bonds is 11. The van der Waals surface area contributed by atoms with Gasteiger partial charge in [-0.05, 0) is 31.7 Å². The van der Waals surface area contributed by atoms with E-state index in [4.69, 9.17) is 18.9 Å². The molecule has 1 heterocycles. The Morgan fingerprint density at radius 3 is 2.46 bits per heavy atom. The summed E-state index contributed by atoms with van der Waals surface area (Å²) in [6.45, 7) is 8.29. The van der Waals surface area contributed by atoms with Gasteiger partial charge in [0.1, 0.15) is 17.2 Å². The number of hydrogen-bond donors (Lipinski definition) is 1. The molecule has 1 saturated heterocycles. The SMILES string of the molecule is CCOc1cc(N2CCOCC2)c(OCC)cc1NC(=O)CCCOc1cccc2ccccc12. The third-order valence-electron chi connectivity index (χ3n) is 5.84. The van der Waals surface area contributed by atoms with Crippen LogP contribution in [0.3, 0.4) is 0 Å². The van der Waals surface area contributed by atoms with Gasteiger partial charge < -0.3 is 29.2 Å². The van der Waals surface area contributed by atoms with Gasteiger partial charge in [0.15, 0.2) is 0 Å². The molecule has 1 amide bonds. The van der Waals surface area contributed by atoms with E-state index in [0.717, 1.165) is 41.0 Å². The first-order valence-corrected chi connectivity index (χ1v) is 12.4. The predicted molar refractivity (Wildman–Crippen MR) is 139 cm³/mol. The lowest BCUT2D eigenvalue weighted by Gasteiger charge is -2.31. The average molecular weight is 479 g/mol. The minimum absolute atomic E-state index is 0.0888. The lowest BCUT2D eigenvalue weighted by atomic mass is 10.1. The molecule has 0 aromatic heterocycles. The van der Waals surface area contributed by atoms with Gasteiger partial charge in [-0.1, -0.05) is 36.4 Å². The Kier molecular flexibility index (Phi) is 8.68. The highest BCUT2D eigenvalue weighted by molar-refractivity contribution is 5.93. The summed E-state index contributed by atoms with van der Waals surface area (Å²) in [7, 11) is 0. The van der Waals surface area contributed by atoms with Crippen LogP contribution in [0.1, 0.15) is 26.7 Å². The summed E-state index contributed by atoms with van der Waals surface area (Å²) >= 11 is 0. The predicted octanol–water partition coefficient (Wildman–Crippen LogP) is 5.27. The average Bonchev–Trinajstić information content (AvgIpc) is 2.89. The fourth-order valence-electron chi connectivity index (χ4n) is 4.19. The highest BCUT2D eigenvalue weighted by Gasteiger charge is 2.20. The van der Waals surface area contributed by atoms with Crippen molar-refractivity contribution in [3.63, 3.8) is 0 Å². The van der Waals surface area contributed by atoms with E-state index in [0.29, 0.717) is 57.3 Å². The van der Waals surface area contributed by atoms with E-state index < -0.39 is 0 Å². The van der Waals surface area contributed by atoms with Crippen molar-refractivity contribution in [2.24, 2.45) is 0 Å². The smallest absolute Gasteiger partial charge is 0.224 e. The fourth-order valence-corrected chi connectivity index (χ4v) is 4.19. The number of fused-ring (bicyclic) bond motifs is 1. The van der Waals surface area contributed by atoms with Crippen molar-refractivity contribution in [2.75, 3.05) is 56.3 Å². The van der Waals surface area contributed by atoms with E-state index in [2.05, 4.69) is 22.3 Å². The maximum Gasteiger partial charge on any atom is 0.224 e. The quantitative estimate of drug-likeness (QED) is 0.379. The third kappa shape index (κ3) is 6.36. The van der Waals surface area contributed by atoms with E-state index in [1.165, 1.54) is 0 Å². The molecule has 1 fully saturated rings. The number of amides is 1. The molecule has 186 valence electrons. The summed E-state index contributed by atoms with van der Waals surface area (Å²) in [6, 6.07) is 17.9. The molecular weight excluding hydrogens is 444 g/mol. The Morgan fingerprint density at radius 2 is 1.66 bits per heavy atom. The van der Waals surface area contributed by atoms with E-state index in [1.807, 2.05) is 56.3 Å². The van der Waals surface area contributed by atoms with Gasteiger partial charge in [-0.3, -0.25) is 4.79 Å². The van der Waals surface area contributed by atoms with E-state index in [9.17, 15) is 4.79 Å². The molecule has 1 aliphatic heterocycles. The molecule has 0 spiro atoms. The zero-order chi connectivity index (χ0) is 24.5. The molecule has 0 radical (unpaired) electrons. The van der Waals surface area contributed by atoms with Crippen molar-refractivity contribution < 1.29 is 23.7 Å². The molecule has 0 atom stereocenters. The number of anilines is 2. The Morgan fingerprint density at radius 1 is 0.914 bits per heavy atom.